The molecule has 2 saturated heterocycles. The number of nitrogens with zero attached hydrogens (tertiary/aromatic N) is 1. The summed E-state index contributed by atoms with van der Waals surface area (Å²) < 4.78 is 41.8. The van der Waals surface area contributed by atoms with Gasteiger partial charge in [0.25, 0.3) is 0 Å². The number of morpholine rings is 1. The number of fused-ring (bicyclic) bond motifs is 1. The van der Waals surface area contributed by atoms with Crippen LogP contribution in [0.2, 0.25) is 18.1 Å². The molecule has 7 heteroatoms. The van der Waals surface area contributed by atoms with Gasteiger partial charge >= 0.3 is 0 Å². The minimum absolute atomic E-state index is 0.0999. The molecule has 0 radical (unpaired) electrons. The molecule has 2 fully saturated rings. The van der Waals surface area contributed by atoms with Gasteiger partial charge in [0.05, 0.1) is 18.0 Å². The van der Waals surface area contributed by atoms with Crippen molar-refractivity contribution in [2.45, 2.75) is 61.9 Å². The molecule has 5 nitrogen and oxygen atoms in total. The van der Waals surface area contributed by atoms with E-state index in [0.29, 0.717) is 4.90 Å². The molecule has 0 aliphatic carbocycles. The van der Waals surface area contributed by atoms with Crippen LogP contribution in [0.5, 0.6) is 5.75 Å². The van der Waals surface area contributed by atoms with Crippen LogP contribution in [0.1, 0.15) is 37.5 Å². The van der Waals surface area contributed by atoms with Crippen LogP contribution < -0.4 is 4.43 Å². The normalized spacial score (nSPS) is 24.4. The average molecular weight is 522 g/mol. The number of ether oxygens (including phenoxy) is 1. The summed E-state index contributed by atoms with van der Waals surface area (Å²) >= 11 is 0. The Morgan fingerprint density at radius 1 is 0.833 bits per heavy atom. The molecular formula is C29H35NO4SSi. The zero-order valence-corrected chi connectivity index (χ0v) is 23.7. The van der Waals surface area contributed by atoms with Gasteiger partial charge in [-0.3, -0.25) is 0 Å². The van der Waals surface area contributed by atoms with E-state index in [1.54, 1.807) is 16.4 Å². The predicted octanol–water partition coefficient (Wildman–Crippen LogP) is 6.20. The van der Waals surface area contributed by atoms with Crippen LogP contribution >= 0.6 is 0 Å². The maximum atomic E-state index is 13.6. The first-order valence-electron chi connectivity index (χ1n) is 12.4. The molecule has 0 amide bonds. The molecule has 0 spiro atoms. The second-order valence-electron chi connectivity index (χ2n) is 11.6. The minimum Gasteiger partial charge on any atom is -0.544 e. The average Bonchev–Trinajstić information content (AvgIpc) is 3.35. The number of hydrogen-bond donors (Lipinski definition) is 0. The lowest BCUT2D eigenvalue weighted by atomic mass is 9.84. The Bertz CT molecular complexity index is 1370. The van der Waals surface area contributed by atoms with E-state index >= 15 is 0 Å². The molecule has 2 aliphatic heterocycles. The fourth-order valence-electron chi connectivity index (χ4n) is 4.89. The number of aryl methyl sites for hydroxylation is 1. The van der Waals surface area contributed by atoms with E-state index in [9.17, 15) is 8.42 Å². The van der Waals surface area contributed by atoms with Crippen molar-refractivity contribution in [2.75, 3.05) is 13.1 Å². The molecule has 36 heavy (non-hydrogen) atoms. The van der Waals surface area contributed by atoms with Crippen molar-refractivity contribution in [1.29, 1.82) is 0 Å². The van der Waals surface area contributed by atoms with E-state index in [4.69, 9.17) is 9.16 Å². The Morgan fingerprint density at radius 3 is 1.89 bits per heavy atom. The molecule has 3 aromatic rings. The van der Waals surface area contributed by atoms with Crippen molar-refractivity contribution in [3.8, 4) is 5.75 Å². The van der Waals surface area contributed by atoms with Crippen LogP contribution in [-0.4, -0.2) is 34.1 Å². The Hall–Kier alpha value is -2.45. The smallest absolute Gasteiger partial charge is 0.250 e. The fraction of sp³-hybridized carbons (Fsp3) is 0.379. The summed E-state index contributed by atoms with van der Waals surface area (Å²) in [5.74, 6) is 0.842. The lowest BCUT2D eigenvalue weighted by molar-refractivity contribution is 0.182. The number of benzene rings is 3. The Balaban J connectivity index is 1.50. The second kappa shape index (κ2) is 8.28. The highest BCUT2D eigenvalue weighted by Crippen LogP contribution is 2.67. The third-order valence-corrected chi connectivity index (χ3v) is 14.3. The van der Waals surface area contributed by atoms with Crippen LogP contribution in [0.4, 0.5) is 0 Å². The van der Waals surface area contributed by atoms with Gasteiger partial charge in [0, 0.05) is 0 Å². The van der Waals surface area contributed by atoms with Crippen LogP contribution in [-0.2, 0) is 26.0 Å². The molecule has 2 atom stereocenters. The summed E-state index contributed by atoms with van der Waals surface area (Å²) in [5.41, 5.74) is 1.54. The zero-order valence-electron chi connectivity index (χ0n) is 21.9. The van der Waals surface area contributed by atoms with Gasteiger partial charge < -0.3 is 9.16 Å². The van der Waals surface area contributed by atoms with Crippen LogP contribution in [0, 0.1) is 6.92 Å². The quantitative estimate of drug-likeness (QED) is 0.286. The van der Waals surface area contributed by atoms with E-state index in [1.165, 1.54) is 0 Å². The number of rotatable bonds is 6. The van der Waals surface area contributed by atoms with E-state index in [2.05, 4.69) is 33.9 Å². The van der Waals surface area contributed by atoms with Crippen LogP contribution in [0.25, 0.3) is 0 Å². The summed E-state index contributed by atoms with van der Waals surface area (Å²) in [5, 5.41) is 0.0999. The SMILES string of the molecule is Cc1ccc(S(=O)(=O)N2C[C@@]3(c4ccc(O[Si](C)(C)C(C)(C)C)cc4)O[C@@]3(c3ccccc3)C2)cc1. The Kier molecular flexibility index (Phi) is 5.80. The van der Waals surface area contributed by atoms with E-state index in [1.807, 2.05) is 73.7 Å². The standard InChI is InChI=1S/C29H35NO4SSi/c1-22-12-18-26(19-13-22)35(31,32)30-20-28(23-10-8-7-9-11-23)29(21-30,34-28)24-14-16-25(17-15-24)33-36(5,6)27(2,3)4/h7-19H,20-21H2,1-6H3/t28-,29+/m1/s1. The van der Waals surface area contributed by atoms with Gasteiger partial charge in [-0.05, 0) is 60.4 Å². The molecule has 3 aromatic carbocycles. The number of epoxide rings is 1. The highest BCUT2D eigenvalue weighted by Gasteiger charge is 2.77. The molecule has 0 N–H and O–H groups in total. The van der Waals surface area contributed by atoms with Gasteiger partial charge in [0.2, 0.25) is 18.3 Å². The van der Waals surface area contributed by atoms with Gasteiger partial charge in [-0.15, -0.1) is 0 Å². The minimum atomic E-state index is -3.66. The van der Waals surface area contributed by atoms with Crippen LogP contribution in [0.15, 0.2) is 83.8 Å². The summed E-state index contributed by atoms with van der Waals surface area (Å²) in [6.45, 7) is 13.6. The first-order valence-corrected chi connectivity index (χ1v) is 16.8. The maximum absolute atomic E-state index is 13.6. The van der Waals surface area contributed by atoms with Crippen molar-refractivity contribution in [1.82, 2.24) is 4.31 Å². The lowest BCUT2D eigenvalue weighted by Crippen LogP contribution is -2.43. The monoisotopic (exact) mass is 521 g/mol. The molecule has 0 unspecified atom stereocenters. The zero-order chi connectivity index (χ0) is 26.0. The maximum Gasteiger partial charge on any atom is 0.250 e. The third-order valence-electron chi connectivity index (χ3n) is 8.16. The highest BCUT2D eigenvalue weighted by molar-refractivity contribution is 7.89. The van der Waals surface area contributed by atoms with Crippen molar-refractivity contribution >= 4 is 18.3 Å². The molecule has 2 aliphatic rings. The fourth-order valence-corrected chi connectivity index (χ4v) is 7.40. The summed E-state index contributed by atoms with van der Waals surface area (Å²) in [6, 6.07) is 25.1. The molecule has 0 bridgehead atoms. The van der Waals surface area contributed by atoms with Crippen molar-refractivity contribution in [3.05, 3.63) is 95.6 Å². The first-order chi connectivity index (χ1) is 16.8. The molecule has 5 rings (SSSR count). The van der Waals surface area contributed by atoms with Gasteiger partial charge in [0.15, 0.2) is 0 Å². The van der Waals surface area contributed by atoms with Gasteiger partial charge in [-0.2, -0.15) is 4.31 Å². The van der Waals surface area contributed by atoms with Gasteiger partial charge in [-0.1, -0.05) is 80.9 Å². The van der Waals surface area contributed by atoms with E-state index in [0.717, 1.165) is 22.4 Å². The van der Waals surface area contributed by atoms with E-state index < -0.39 is 29.5 Å². The molecule has 190 valence electrons. The Labute approximate surface area is 216 Å². The first kappa shape index (κ1) is 25.2. The summed E-state index contributed by atoms with van der Waals surface area (Å²) in [6.07, 6.45) is 0. The molecule has 0 aromatic heterocycles. The van der Waals surface area contributed by atoms with Gasteiger partial charge in [0.1, 0.15) is 17.0 Å². The second-order valence-corrected chi connectivity index (χ2v) is 18.3. The summed E-state index contributed by atoms with van der Waals surface area (Å²) in [4.78, 5) is 0.311. The molecular weight excluding hydrogens is 486 g/mol. The van der Waals surface area contributed by atoms with E-state index in [-0.39, 0.29) is 18.1 Å². The van der Waals surface area contributed by atoms with Crippen molar-refractivity contribution in [3.63, 3.8) is 0 Å². The highest BCUT2D eigenvalue weighted by atomic mass is 32.2. The molecule has 0 saturated carbocycles. The molecule has 2 heterocycles. The van der Waals surface area contributed by atoms with Gasteiger partial charge in [-0.25, -0.2) is 8.42 Å². The van der Waals surface area contributed by atoms with Crippen molar-refractivity contribution in [2.24, 2.45) is 0 Å². The largest absolute Gasteiger partial charge is 0.544 e. The third kappa shape index (κ3) is 3.93. The predicted molar refractivity (Wildman–Crippen MR) is 145 cm³/mol. The van der Waals surface area contributed by atoms with Crippen molar-refractivity contribution < 1.29 is 17.6 Å². The number of hydrogen-bond acceptors (Lipinski definition) is 4. The topological polar surface area (TPSA) is 59.1 Å². The van der Waals surface area contributed by atoms with Crippen LogP contribution in [0.3, 0.4) is 0 Å². The summed E-state index contributed by atoms with van der Waals surface area (Å²) in [7, 11) is -5.63. The number of sulfonamides is 1. The lowest BCUT2D eigenvalue weighted by Gasteiger charge is -2.36. The Morgan fingerprint density at radius 2 is 1.36 bits per heavy atom.